The van der Waals surface area contributed by atoms with Crippen LogP contribution in [0.4, 0.5) is 0 Å². The van der Waals surface area contributed by atoms with Gasteiger partial charge in [0.05, 0.1) is 17.2 Å². The fourth-order valence-electron chi connectivity index (χ4n) is 1.43. The maximum absolute atomic E-state index is 8.92. The molecule has 14 heavy (non-hydrogen) atoms. The van der Waals surface area contributed by atoms with Crippen LogP contribution in [-0.2, 0) is 0 Å². The third-order valence-electron chi connectivity index (χ3n) is 2.11. The van der Waals surface area contributed by atoms with Gasteiger partial charge in [0.1, 0.15) is 6.07 Å². The minimum Gasteiger partial charge on any atom is -0.192 e. The van der Waals surface area contributed by atoms with Gasteiger partial charge in [-0.25, -0.2) is 0 Å². The number of rotatable bonds is 0. The minimum absolute atomic E-state index is 0.642. The molecule has 66 valence electrons. The van der Waals surface area contributed by atoms with Crippen LogP contribution in [0.15, 0.2) is 18.2 Å². The Labute approximate surface area is 85.6 Å². The summed E-state index contributed by atoms with van der Waals surface area (Å²) in [7, 11) is 0. The van der Waals surface area contributed by atoms with Crippen molar-refractivity contribution in [1.82, 2.24) is 0 Å². The zero-order valence-corrected chi connectivity index (χ0v) is 8.35. The van der Waals surface area contributed by atoms with Gasteiger partial charge in [0.15, 0.2) is 0 Å². The lowest BCUT2D eigenvalue weighted by molar-refractivity contribution is 1.48. The number of hydrogen-bond donors (Lipinski definition) is 0. The average Bonchev–Trinajstić information content (AvgIpc) is 2.51. The van der Waals surface area contributed by atoms with E-state index >= 15 is 0 Å². The van der Waals surface area contributed by atoms with E-state index in [1.807, 2.05) is 19.1 Å². The molecule has 2 rings (SSSR count). The highest BCUT2D eigenvalue weighted by Gasteiger charge is 2.08. The molecule has 0 saturated carbocycles. The second kappa shape index (κ2) is 3.14. The van der Waals surface area contributed by atoms with Crippen molar-refractivity contribution in [3.63, 3.8) is 0 Å². The van der Waals surface area contributed by atoms with Gasteiger partial charge >= 0.3 is 0 Å². The molecule has 0 unspecified atom stereocenters. The standard InChI is InChI=1S/C11H6N2S/c1-7-10(6-13)9-3-2-8(5-12)4-11(9)14-7/h2-4H,1H3. The molecule has 1 aromatic heterocycles. The van der Waals surface area contributed by atoms with E-state index in [9.17, 15) is 0 Å². The van der Waals surface area contributed by atoms with Crippen LogP contribution in [-0.4, -0.2) is 0 Å². The third kappa shape index (κ3) is 1.16. The molecule has 0 aliphatic rings. The number of nitrogens with zero attached hydrogens (tertiary/aromatic N) is 2. The van der Waals surface area contributed by atoms with E-state index < -0.39 is 0 Å². The van der Waals surface area contributed by atoms with Gasteiger partial charge in [0.2, 0.25) is 0 Å². The smallest absolute Gasteiger partial charge is 0.101 e. The molecule has 0 radical (unpaired) electrons. The van der Waals surface area contributed by atoms with E-state index in [0.717, 1.165) is 20.5 Å². The lowest BCUT2D eigenvalue weighted by Gasteiger charge is -1.90. The van der Waals surface area contributed by atoms with Crippen LogP contribution in [0.1, 0.15) is 16.0 Å². The Hall–Kier alpha value is -1.84. The first-order chi connectivity index (χ1) is 6.76. The van der Waals surface area contributed by atoms with Gasteiger partial charge < -0.3 is 0 Å². The summed E-state index contributed by atoms with van der Waals surface area (Å²) in [5, 5.41) is 18.6. The summed E-state index contributed by atoms with van der Waals surface area (Å²) in [5.41, 5.74) is 1.37. The summed E-state index contributed by atoms with van der Waals surface area (Å²) in [6.45, 7) is 1.93. The lowest BCUT2D eigenvalue weighted by atomic mass is 10.1. The molecule has 0 aliphatic carbocycles. The van der Waals surface area contributed by atoms with Crippen LogP contribution in [0.2, 0.25) is 0 Å². The second-order valence-electron chi connectivity index (χ2n) is 2.97. The molecule has 0 aliphatic heterocycles. The van der Waals surface area contributed by atoms with E-state index in [0.29, 0.717) is 5.56 Å². The van der Waals surface area contributed by atoms with E-state index in [-0.39, 0.29) is 0 Å². The summed E-state index contributed by atoms with van der Waals surface area (Å²) in [4.78, 5) is 1.01. The summed E-state index contributed by atoms with van der Waals surface area (Å²) in [6, 6.07) is 9.69. The normalized spacial score (nSPS) is 9.64. The fourth-order valence-corrected chi connectivity index (χ4v) is 2.48. The van der Waals surface area contributed by atoms with Crippen molar-refractivity contribution in [2.24, 2.45) is 0 Å². The number of fused-ring (bicyclic) bond motifs is 1. The molecule has 0 fully saturated rings. The first-order valence-electron chi connectivity index (χ1n) is 4.09. The Balaban J connectivity index is 2.84. The maximum Gasteiger partial charge on any atom is 0.101 e. The molecule has 0 amide bonds. The highest BCUT2D eigenvalue weighted by Crippen LogP contribution is 2.30. The quantitative estimate of drug-likeness (QED) is 0.653. The van der Waals surface area contributed by atoms with Gasteiger partial charge in [-0.2, -0.15) is 10.5 Å². The van der Waals surface area contributed by atoms with E-state index in [2.05, 4.69) is 12.1 Å². The van der Waals surface area contributed by atoms with Crippen molar-refractivity contribution in [3.8, 4) is 12.1 Å². The van der Waals surface area contributed by atoms with Gasteiger partial charge in [-0.1, -0.05) is 6.07 Å². The molecule has 0 bridgehead atoms. The molecule has 2 nitrogen and oxygen atoms in total. The number of aryl methyl sites for hydroxylation is 1. The van der Waals surface area contributed by atoms with Crippen LogP contribution in [0, 0.1) is 29.6 Å². The van der Waals surface area contributed by atoms with E-state index in [1.54, 1.807) is 17.4 Å². The number of benzene rings is 1. The molecule has 0 atom stereocenters. The van der Waals surface area contributed by atoms with Crippen LogP contribution in [0.3, 0.4) is 0 Å². The first-order valence-corrected chi connectivity index (χ1v) is 4.91. The topological polar surface area (TPSA) is 47.6 Å². The van der Waals surface area contributed by atoms with Crippen LogP contribution in [0.5, 0.6) is 0 Å². The Kier molecular flexibility index (Phi) is 1.96. The Morgan fingerprint density at radius 3 is 2.64 bits per heavy atom. The summed E-state index contributed by atoms with van der Waals surface area (Å²) >= 11 is 1.56. The molecule has 3 heteroatoms. The maximum atomic E-state index is 8.92. The Morgan fingerprint density at radius 1 is 1.21 bits per heavy atom. The molecule has 1 aromatic carbocycles. The molecule has 0 saturated heterocycles. The molecular formula is C11H6N2S. The third-order valence-corrected chi connectivity index (χ3v) is 3.17. The number of thiophene rings is 1. The van der Waals surface area contributed by atoms with Crippen molar-refractivity contribution in [2.75, 3.05) is 0 Å². The molecule has 0 N–H and O–H groups in total. The molecular weight excluding hydrogens is 192 g/mol. The highest BCUT2D eigenvalue weighted by atomic mass is 32.1. The van der Waals surface area contributed by atoms with Crippen molar-refractivity contribution in [2.45, 2.75) is 6.92 Å². The molecule has 0 spiro atoms. The average molecular weight is 198 g/mol. The van der Waals surface area contributed by atoms with Crippen LogP contribution < -0.4 is 0 Å². The predicted molar refractivity (Wildman–Crippen MR) is 56.0 cm³/mol. The zero-order chi connectivity index (χ0) is 10.1. The van der Waals surface area contributed by atoms with Gasteiger partial charge in [-0.3, -0.25) is 0 Å². The zero-order valence-electron chi connectivity index (χ0n) is 7.53. The summed E-state index contributed by atoms with van der Waals surface area (Å²) in [6.07, 6.45) is 0. The van der Waals surface area contributed by atoms with Crippen molar-refractivity contribution in [3.05, 3.63) is 34.2 Å². The Morgan fingerprint density at radius 2 is 2.00 bits per heavy atom. The van der Waals surface area contributed by atoms with Gasteiger partial charge in [-0.05, 0) is 19.1 Å². The molecule has 2 aromatic rings. The van der Waals surface area contributed by atoms with Gasteiger partial charge in [0, 0.05) is 15.0 Å². The lowest BCUT2D eigenvalue weighted by Crippen LogP contribution is -1.74. The Bertz CT molecular complexity index is 582. The highest BCUT2D eigenvalue weighted by molar-refractivity contribution is 7.19. The fraction of sp³-hybridized carbons (Fsp3) is 0.0909. The van der Waals surface area contributed by atoms with Crippen molar-refractivity contribution >= 4 is 21.4 Å². The second-order valence-corrected chi connectivity index (χ2v) is 4.22. The van der Waals surface area contributed by atoms with E-state index in [1.165, 1.54) is 0 Å². The summed E-state index contributed by atoms with van der Waals surface area (Å²) < 4.78 is 1.01. The van der Waals surface area contributed by atoms with Gasteiger partial charge in [-0.15, -0.1) is 11.3 Å². The van der Waals surface area contributed by atoms with E-state index in [4.69, 9.17) is 10.5 Å². The van der Waals surface area contributed by atoms with Crippen molar-refractivity contribution in [1.29, 1.82) is 10.5 Å². The predicted octanol–water partition coefficient (Wildman–Crippen LogP) is 2.95. The van der Waals surface area contributed by atoms with Crippen LogP contribution in [0.25, 0.3) is 10.1 Å². The first kappa shape index (κ1) is 8.74. The van der Waals surface area contributed by atoms with Gasteiger partial charge in [0.25, 0.3) is 0 Å². The SMILES string of the molecule is Cc1sc2cc(C#N)ccc2c1C#N. The largest absolute Gasteiger partial charge is 0.192 e. The monoisotopic (exact) mass is 198 g/mol. The summed E-state index contributed by atoms with van der Waals surface area (Å²) in [5.74, 6) is 0. The van der Waals surface area contributed by atoms with Crippen LogP contribution >= 0.6 is 11.3 Å². The number of nitriles is 2. The molecule has 1 heterocycles. The minimum atomic E-state index is 0.642. The van der Waals surface area contributed by atoms with Crippen molar-refractivity contribution < 1.29 is 0 Å². The number of hydrogen-bond acceptors (Lipinski definition) is 3.